The molecule has 0 amide bonds. The van der Waals surface area contributed by atoms with Crippen molar-refractivity contribution in [2.75, 3.05) is 5.75 Å². The first-order valence-electron chi connectivity index (χ1n) is 4.89. The Bertz CT molecular complexity index is 404. The summed E-state index contributed by atoms with van der Waals surface area (Å²) < 4.78 is 0. The second-order valence-electron chi connectivity index (χ2n) is 3.46. The second kappa shape index (κ2) is 6.27. The van der Waals surface area contributed by atoms with Gasteiger partial charge >= 0.3 is 11.9 Å². The summed E-state index contributed by atoms with van der Waals surface area (Å²) in [7, 11) is 0. The van der Waals surface area contributed by atoms with E-state index in [4.69, 9.17) is 15.9 Å². The van der Waals surface area contributed by atoms with Crippen molar-refractivity contribution in [3.63, 3.8) is 0 Å². The number of rotatable bonds is 6. The van der Waals surface area contributed by atoms with Crippen LogP contribution in [0.3, 0.4) is 0 Å². The Labute approximate surface area is 103 Å². The molecule has 0 bridgehead atoms. The molecule has 0 spiro atoms. The molecular weight excluding hydrogens is 242 g/mol. The summed E-state index contributed by atoms with van der Waals surface area (Å²) in [6, 6.07) is 5.61. The Hall–Kier alpha value is -1.53. The maximum absolute atomic E-state index is 10.6. The zero-order valence-corrected chi connectivity index (χ0v) is 9.81. The van der Waals surface area contributed by atoms with Crippen LogP contribution in [0.2, 0.25) is 0 Å². The smallest absolute Gasteiger partial charge is 0.335 e. The van der Waals surface area contributed by atoms with Gasteiger partial charge in [0.05, 0.1) is 5.56 Å². The summed E-state index contributed by atoms with van der Waals surface area (Å²) >= 11 is 1.40. The van der Waals surface area contributed by atoms with Crippen LogP contribution < -0.4 is 5.73 Å². The van der Waals surface area contributed by atoms with E-state index in [-0.39, 0.29) is 5.56 Å². The van der Waals surface area contributed by atoms with E-state index in [0.29, 0.717) is 11.5 Å². The highest BCUT2D eigenvalue weighted by molar-refractivity contribution is 7.98. The summed E-state index contributed by atoms with van der Waals surface area (Å²) in [5.74, 6) is -1.03. The van der Waals surface area contributed by atoms with Gasteiger partial charge in [-0.2, -0.15) is 11.8 Å². The molecule has 92 valence electrons. The SMILES string of the molecule is N[C@@H](CSCc1ccc(C(=O)O)cc1)C(=O)O. The fourth-order valence-electron chi connectivity index (χ4n) is 1.12. The molecule has 0 saturated carbocycles. The largest absolute Gasteiger partial charge is 0.480 e. The standard InChI is InChI=1S/C11H13NO4S/c12-9(11(15)16)6-17-5-7-1-3-8(4-2-7)10(13)14/h1-4,9H,5-6,12H2,(H,13,14)(H,15,16)/t9-/m0/s1. The molecule has 1 aromatic rings. The molecule has 0 heterocycles. The van der Waals surface area contributed by atoms with E-state index in [9.17, 15) is 9.59 Å². The number of benzene rings is 1. The maximum Gasteiger partial charge on any atom is 0.335 e. The molecule has 1 rings (SSSR count). The average molecular weight is 255 g/mol. The van der Waals surface area contributed by atoms with Gasteiger partial charge in [0, 0.05) is 11.5 Å². The van der Waals surface area contributed by atoms with Crippen LogP contribution in [0.25, 0.3) is 0 Å². The molecule has 17 heavy (non-hydrogen) atoms. The van der Waals surface area contributed by atoms with Crippen molar-refractivity contribution in [3.05, 3.63) is 35.4 Å². The number of hydrogen-bond acceptors (Lipinski definition) is 4. The molecule has 0 fully saturated rings. The van der Waals surface area contributed by atoms with E-state index < -0.39 is 18.0 Å². The van der Waals surface area contributed by atoms with E-state index in [1.54, 1.807) is 12.1 Å². The fraction of sp³-hybridized carbons (Fsp3) is 0.273. The summed E-state index contributed by atoms with van der Waals surface area (Å²) in [5, 5.41) is 17.3. The molecule has 0 aromatic heterocycles. The quantitative estimate of drug-likeness (QED) is 0.702. The summed E-state index contributed by atoms with van der Waals surface area (Å²) in [5.41, 5.74) is 6.53. The van der Waals surface area contributed by atoms with Gasteiger partial charge in [-0.1, -0.05) is 12.1 Å². The molecule has 1 atom stereocenters. The zero-order valence-electron chi connectivity index (χ0n) is 9.00. The van der Waals surface area contributed by atoms with Crippen LogP contribution in [0, 0.1) is 0 Å². The van der Waals surface area contributed by atoms with E-state index >= 15 is 0 Å². The monoisotopic (exact) mass is 255 g/mol. The predicted molar refractivity (Wildman–Crippen MR) is 65.2 cm³/mol. The molecule has 5 nitrogen and oxygen atoms in total. The number of aromatic carboxylic acids is 1. The Morgan fingerprint density at radius 3 is 2.29 bits per heavy atom. The first-order valence-corrected chi connectivity index (χ1v) is 6.04. The Balaban J connectivity index is 2.42. The molecular formula is C11H13NO4S. The first kappa shape index (κ1) is 13.5. The van der Waals surface area contributed by atoms with Crippen molar-refractivity contribution >= 4 is 23.7 Å². The molecule has 1 aromatic carbocycles. The number of nitrogens with two attached hydrogens (primary N) is 1. The molecule has 0 saturated heterocycles. The van der Waals surface area contributed by atoms with Crippen molar-refractivity contribution in [1.29, 1.82) is 0 Å². The number of hydrogen-bond donors (Lipinski definition) is 3. The number of aliphatic carboxylic acids is 1. The Morgan fingerprint density at radius 2 is 1.82 bits per heavy atom. The van der Waals surface area contributed by atoms with Gasteiger partial charge in [0.15, 0.2) is 0 Å². The van der Waals surface area contributed by atoms with Gasteiger partial charge in [-0.15, -0.1) is 0 Å². The topological polar surface area (TPSA) is 101 Å². The lowest BCUT2D eigenvalue weighted by Gasteiger charge is -2.06. The lowest BCUT2D eigenvalue weighted by Crippen LogP contribution is -2.32. The van der Waals surface area contributed by atoms with Crippen LogP contribution >= 0.6 is 11.8 Å². The number of carboxylic acids is 2. The van der Waals surface area contributed by atoms with E-state index in [1.807, 2.05) is 0 Å². The van der Waals surface area contributed by atoms with Crippen molar-refractivity contribution in [2.24, 2.45) is 5.73 Å². The van der Waals surface area contributed by atoms with Crippen LogP contribution in [-0.4, -0.2) is 33.9 Å². The molecule has 0 unspecified atom stereocenters. The third kappa shape index (κ3) is 4.46. The predicted octanol–water partition coefficient (Wildman–Crippen LogP) is 1.03. The van der Waals surface area contributed by atoms with Gasteiger partial charge in [0.2, 0.25) is 0 Å². The molecule has 0 aliphatic carbocycles. The summed E-state index contributed by atoms with van der Waals surface area (Å²) in [4.78, 5) is 21.1. The Kier molecular flexibility index (Phi) is 4.99. The minimum Gasteiger partial charge on any atom is -0.480 e. The van der Waals surface area contributed by atoms with Gasteiger partial charge in [-0.3, -0.25) is 4.79 Å². The van der Waals surface area contributed by atoms with Gasteiger partial charge in [-0.05, 0) is 17.7 Å². The van der Waals surface area contributed by atoms with Crippen LogP contribution in [0.4, 0.5) is 0 Å². The lowest BCUT2D eigenvalue weighted by molar-refractivity contribution is -0.137. The van der Waals surface area contributed by atoms with E-state index in [0.717, 1.165) is 5.56 Å². The maximum atomic E-state index is 10.6. The van der Waals surface area contributed by atoms with Gasteiger partial charge < -0.3 is 15.9 Å². The molecule has 0 radical (unpaired) electrons. The van der Waals surface area contributed by atoms with Gasteiger partial charge in [-0.25, -0.2) is 4.79 Å². The van der Waals surface area contributed by atoms with E-state index in [1.165, 1.54) is 23.9 Å². The lowest BCUT2D eigenvalue weighted by atomic mass is 10.1. The minimum atomic E-state index is -1.02. The highest BCUT2D eigenvalue weighted by Crippen LogP contribution is 2.13. The van der Waals surface area contributed by atoms with Crippen LogP contribution in [0.5, 0.6) is 0 Å². The average Bonchev–Trinajstić information content (AvgIpc) is 2.29. The van der Waals surface area contributed by atoms with Crippen LogP contribution in [-0.2, 0) is 10.5 Å². The molecule has 0 aliphatic heterocycles. The van der Waals surface area contributed by atoms with Gasteiger partial charge in [0.1, 0.15) is 6.04 Å². The Morgan fingerprint density at radius 1 is 1.24 bits per heavy atom. The van der Waals surface area contributed by atoms with Crippen molar-refractivity contribution < 1.29 is 19.8 Å². The zero-order chi connectivity index (χ0) is 12.8. The van der Waals surface area contributed by atoms with Crippen molar-refractivity contribution in [3.8, 4) is 0 Å². The third-order valence-electron chi connectivity index (χ3n) is 2.08. The fourth-order valence-corrected chi connectivity index (χ4v) is 2.06. The third-order valence-corrected chi connectivity index (χ3v) is 3.22. The number of carbonyl (C=O) groups is 2. The second-order valence-corrected chi connectivity index (χ2v) is 4.49. The van der Waals surface area contributed by atoms with Crippen molar-refractivity contribution in [1.82, 2.24) is 0 Å². The van der Waals surface area contributed by atoms with Crippen molar-refractivity contribution in [2.45, 2.75) is 11.8 Å². The van der Waals surface area contributed by atoms with Crippen LogP contribution in [0.15, 0.2) is 24.3 Å². The molecule has 0 aliphatic rings. The number of thioether (sulfide) groups is 1. The summed E-state index contributed by atoms with van der Waals surface area (Å²) in [6.07, 6.45) is 0. The highest BCUT2D eigenvalue weighted by Gasteiger charge is 2.10. The van der Waals surface area contributed by atoms with E-state index in [2.05, 4.69) is 0 Å². The van der Waals surface area contributed by atoms with Crippen LogP contribution in [0.1, 0.15) is 15.9 Å². The number of carboxylic acid groups (broad SMARTS) is 2. The highest BCUT2D eigenvalue weighted by atomic mass is 32.2. The van der Waals surface area contributed by atoms with Gasteiger partial charge in [0.25, 0.3) is 0 Å². The first-order chi connectivity index (χ1) is 8.00. The summed E-state index contributed by atoms with van der Waals surface area (Å²) in [6.45, 7) is 0. The minimum absolute atomic E-state index is 0.237. The molecule has 6 heteroatoms. The normalized spacial score (nSPS) is 12.1. The molecule has 4 N–H and O–H groups in total.